The van der Waals surface area contributed by atoms with Gasteiger partial charge in [0.05, 0.1) is 5.75 Å². The maximum absolute atomic E-state index is 12.2. The van der Waals surface area contributed by atoms with Crippen LogP contribution in [-0.4, -0.2) is 44.3 Å². The van der Waals surface area contributed by atoms with Gasteiger partial charge in [0.25, 0.3) is 5.91 Å². The van der Waals surface area contributed by atoms with Crippen molar-refractivity contribution in [2.24, 2.45) is 0 Å². The van der Waals surface area contributed by atoms with Crippen molar-refractivity contribution in [1.82, 2.24) is 10.6 Å². The van der Waals surface area contributed by atoms with Crippen LogP contribution in [0.25, 0.3) is 0 Å². The first-order valence-electron chi connectivity index (χ1n) is 7.29. The van der Waals surface area contributed by atoms with Gasteiger partial charge in [-0.05, 0) is 43.5 Å². The summed E-state index contributed by atoms with van der Waals surface area (Å²) in [5, 5.41) is 5.89. The van der Waals surface area contributed by atoms with E-state index in [4.69, 9.17) is 11.6 Å². The van der Waals surface area contributed by atoms with E-state index in [0.29, 0.717) is 10.6 Å². The number of hydrogen-bond acceptors (Lipinski definition) is 4. The molecule has 8 heteroatoms. The molecule has 0 radical (unpaired) electrons. The van der Waals surface area contributed by atoms with Gasteiger partial charge in [-0.15, -0.1) is 0 Å². The van der Waals surface area contributed by atoms with E-state index >= 15 is 0 Å². The molecular weight excluding hydrogens is 340 g/mol. The first-order valence-corrected chi connectivity index (χ1v) is 9.73. The molecule has 6 nitrogen and oxygen atoms in total. The summed E-state index contributed by atoms with van der Waals surface area (Å²) in [4.78, 5) is 24.4. The van der Waals surface area contributed by atoms with Crippen molar-refractivity contribution in [3.8, 4) is 0 Å². The average Bonchev–Trinajstić information content (AvgIpc) is 3.26. The maximum atomic E-state index is 12.2. The normalized spacial score (nSPS) is 15.7. The lowest BCUT2D eigenvalue weighted by Crippen LogP contribution is -2.48. The van der Waals surface area contributed by atoms with Gasteiger partial charge < -0.3 is 10.6 Å². The Hall–Kier alpha value is -1.60. The number of sulfone groups is 1. The molecule has 0 aromatic heterocycles. The second kappa shape index (κ2) is 7.31. The summed E-state index contributed by atoms with van der Waals surface area (Å²) in [5.74, 6) is -0.957. The number of carbonyl (C=O) groups excluding carboxylic acids is 2. The number of benzene rings is 1. The van der Waals surface area contributed by atoms with E-state index in [9.17, 15) is 18.0 Å². The highest BCUT2D eigenvalue weighted by Gasteiger charge is 2.29. The molecule has 1 aromatic rings. The third-order valence-corrected chi connectivity index (χ3v) is 4.66. The number of amides is 2. The van der Waals surface area contributed by atoms with E-state index in [2.05, 4.69) is 10.6 Å². The summed E-state index contributed by atoms with van der Waals surface area (Å²) in [7, 11) is -3.22. The summed E-state index contributed by atoms with van der Waals surface area (Å²) in [6.45, 7) is 0. The summed E-state index contributed by atoms with van der Waals surface area (Å²) >= 11 is 5.77. The highest BCUT2D eigenvalue weighted by molar-refractivity contribution is 7.90. The number of carbonyl (C=O) groups is 2. The molecule has 2 N–H and O–H groups in total. The highest BCUT2D eigenvalue weighted by atomic mass is 35.5. The first-order chi connectivity index (χ1) is 10.7. The van der Waals surface area contributed by atoms with Crippen LogP contribution in [0.2, 0.25) is 5.02 Å². The summed E-state index contributed by atoms with van der Waals surface area (Å²) in [5.41, 5.74) is 0.359. The number of hydrogen-bond donors (Lipinski definition) is 2. The molecule has 126 valence electrons. The zero-order valence-corrected chi connectivity index (χ0v) is 14.3. The predicted molar refractivity (Wildman–Crippen MR) is 88.2 cm³/mol. The van der Waals surface area contributed by atoms with Crippen LogP contribution in [0.5, 0.6) is 0 Å². The molecule has 2 rings (SSSR count). The van der Waals surface area contributed by atoms with Crippen molar-refractivity contribution < 1.29 is 18.0 Å². The van der Waals surface area contributed by atoms with Crippen molar-refractivity contribution in [3.63, 3.8) is 0 Å². The molecule has 1 atom stereocenters. The van der Waals surface area contributed by atoms with E-state index < -0.39 is 21.8 Å². The van der Waals surface area contributed by atoms with Gasteiger partial charge >= 0.3 is 0 Å². The van der Waals surface area contributed by atoms with Crippen molar-refractivity contribution in [1.29, 1.82) is 0 Å². The summed E-state index contributed by atoms with van der Waals surface area (Å²) in [6, 6.07) is 5.50. The zero-order chi connectivity index (χ0) is 17.0. The van der Waals surface area contributed by atoms with Gasteiger partial charge in [0.15, 0.2) is 0 Å². The Kier molecular flexibility index (Phi) is 5.64. The van der Waals surface area contributed by atoms with Crippen molar-refractivity contribution >= 4 is 33.3 Å². The third kappa shape index (κ3) is 6.19. The maximum Gasteiger partial charge on any atom is 0.251 e. The van der Waals surface area contributed by atoms with Crippen molar-refractivity contribution in [3.05, 3.63) is 34.9 Å². The minimum Gasteiger partial charge on any atom is -0.352 e. The molecule has 1 aliphatic rings. The molecule has 0 aliphatic heterocycles. The monoisotopic (exact) mass is 358 g/mol. The SMILES string of the molecule is CS(=O)(=O)CC[C@H](NC(=O)c1ccc(Cl)cc1)C(=O)NC1CC1. The van der Waals surface area contributed by atoms with E-state index in [-0.39, 0.29) is 24.1 Å². The fourth-order valence-electron chi connectivity index (χ4n) is 1.97. The van der Waals surface area contributed by atoms with Crippen molar-refractivity contribution in [2.75, 3.05) is 12.0 Å². The first kappa shape index (κ1) is 17.7. The lowest BCUT2D eigenvalue weighted by molar-refractivity contribution is -0.123. The van der Waals surface area contributed by atoms with Gasteiger partial charge in [-0.1, -0.05) is 11.6 Å². The smallest absolute Gasteiger partial charge is 0.251 e. The topological polar surface area (TPSA) is 92.3 Å². The molecule has 0 bridgehead atoms. The molecular formula is C15H19ClN2O4S. The van der Waals surface area contributed by atoms with Crippen molar-refractivity contribution in [2.45, 2.75) is 31.3 Å². The van der Waals surface area contributed by atoms with Crippen LogP contribution in [0, 0.1) is 0 Å². The molecule has 0 unspecified atom stereocenters. The average molecular weight is 359 g/mol. The lowest BCUT2D eigenvalue weighted by atomic mass is 10.1. The molecule has 2 amide bonds. The molecule has 0 heterocycles. The van der Waals surface area contributed by atoms with Gasteiger partial charge in [0.1, 0.15) is 15.9 Å². The molecule has 0 spiro atoms. The van der Waals surface area contributed by atoms with Crippen LogP contribution < -0.4 is 10.6 Å². The zero-order valence-electron chi connectivity index (χ0n) is 12.7. The Labute approximate surface area is 140 Å². The number of nitrogens with one attached hydrogen (secondary N) is 2. The van der Waals surface area contributed by atoms with Crippen LogP contribution in [0.3, 0.4) is 0 Å². The minimum absolute atomic E-state index is 0.0384. The van der Waals surface area contributed by atoms with Crippen LogP contribution in [0.1, 0.15) is 29.6 Å². The predicted octanol–water partition coefficient (Wildman–Crippen LogP) is 1.15. The highest BCUT2D eigenvalue weighted by Crippen LogP contribution is 2.19. The molecule has 1 fully saturated rings. The van der Waals surface area contributed by atoms with Crippen LogP contribution in [0.4, 0.5) is 0 Å². The Bertz CT molecular complexity index is 684. The molecule has 1 saturated carbocycles. The lowest BCUT2D eigenvalue weighted by Gasteiger charge is -2.18. The molecule has 1 aromatic carbocycles. The van der Waals surface area contributed by atoms with Crippen LogP contribution >= 0.6 is 11.6 Å². The van der Waals surface area contributed by atoms with Gasteiger partial charge in [-0.25, -0.2) is 8.42 Å². The minimum atomic E-state index is -3.22. The Balaban J connectivity index is 2.03. The molecule has 0 saturated heterocycles. The Morgan fingerprint density at radius 3 is 2.39 bits per heavy atom. The van der Waals surface area contributed by atoms with E-state index in [0.717, 1.165) is 19.1 Å². The standard InChI is InChI=1S/C15H19ClN2O4S/c1-23(21,22)9-8-13(15(20)17-12-6-7-12)18-14(19)10-2-4-11(16)5-3-10/h2-5,12-13H,6-9H2,1H3,(H,17,20)(H,18,19)/t13-/m0/s1. The van der Waals surface area contributed by atoms with Gasteiger partial charge in [0, 0.05) is 22.9 Å². The van der Waals surface area contributed by atoms with Gasteiger partial charge in [-0.2, -0.15) is 0 Å². The largest absolute Gasteiger partial charge is 0.352 e. The van der Waals surface area contributed by atoms with E-state index in [1.165, 1.54) is 0 Å². The van der Waals surface area contributed by atoms with E-state index in [1.54, 1.807) is 24.3 Å². The number of halogens is 1. The van der Waals surface area contributed by atoms with E-state index in [1.807, 2.05) is 0 Å². The quantitative estimate of drug-likeness (QED) is 0.764. The number of rotatable bonds is 7. The van der Waals surface area contributed by atoms with Gasteiger partial charge in [0.2, 0.25) is 5.91 Å². The fourth-order valence-corrected chi connectivity index (χ4v) is 2.76. The Morgan fingerprint density at radius 1 is 1.26 bits per heavy atom. The van der Waals surface area contributed by atoms with Gasteiger partial charge in [-0.3, -0.25) is 9.59 Å². The van der Waals surface area contributed by atoms with Crippen LogP contribution in [-0.2, 0) is 14.6 Å². The fraction of sp³-hybridized carbons (Fsp3) is 0.467. The molecule has 1 aliphatic carbocycles. The Morgan fingerprint density at radius 2 is 1.87 bits per heavy atom. The van der Waals surface area contributed by atoms with Crippen LogP contribution in [0.15, 0.2) is 24.3 Å². The summed E-state index contributed by atoms with van der Waals surface area (Å²) < 4.78 is 22.7. The summed E-state index contributed by atoms with van der Waals surface area (Å²) in [6.07, 6.45) is 2.96. The second-order valence-electron chi connectivity index (χ2n) is 5.73. The third-order valence-electron chi connectivity index (χ3n) is 3.43. The second-order valence-corrected chi connectivity index (χ2v) is 8.43. The molecule has 23 heavy (non-hydrogen) atoms.